The quantitative estimate of drug-likeness (QED) is 0.899. The number of fused-ring (bicyclic) bond motifs is 1. The summed E-state index contributed by atoms with van der Waals surface area (Å²) >= 11 is 0. The van der Waals surface area contributed by atoms with Crippen LogP contribution in [0, 0.1) is 0 Å². The van der Waals surface area contributed by atoms with Gasteiger partial charge < -0.3 is 19.5 Å². The van der Waals surface area contributed by atoms with Gasteiger partial charge in [0.15, 0.2) is 5.75 Å². The number of aryl methyl sites for hydroxylation is 1. The van der Waals surface area contributed by atoms with Crippen molar-refractivity contribution in [2.24, 2.45) is 7.05 Å². The van der Waals surface area contributed by atoms with Gasteiger partial charge in [-0.25, -0.2) is 0 Å². The summed E-state index contributed by atoms with van der Waals surface area (Å²) in [5.74, 6) is 0.565. The van der Waals surface area contributed by atoms with E-state index in [0.717, 1.165) is 12.0 Å². The smallest absolute Gasteiger partial charge is 0.251 e. The van der Waals surface area contributed by atoms with Crippen LogP contribution in [0.2, 0.25) is 0 Å². The van der Waals surface area contributed by atoms with E-state index in [9.17, 15) is 4.79 Å². The van der Waals surface area contributed by atoms with Gasteiger partial charge in [0.25, 0.3) is 5.91 Å². The van der Waals surface area contributed by atoms with Crippen LogP contribution in [-0.4, -0.2) is 47.7 Å². The van der Waals surface area contributed by atoms with Gasteiger partial charge in [0.2, 0.25) is 0 Å². The average Bonchev–Trinajstić information content (AvgIpc) is 3.24. The monoisotopic (exact) mass is 343 g/mol. The first-order chi connectivity index (χ1) is 12.2. The van der Waals surface area contributed by atoms with E-state index in [2.05, 4.69) is 10.4 Å². The third kappa shape index (κ3) is 3.52. The fraction of sp³-hybridized carbons (Fsp3) is 0.444. The number of carbonyl (C=O) groups is 1. The molecule has 2 aromatic rings. The topological polar surface area (TPSA) is 74.6 Å². The summed E-state index contributed by atoms with van der Waals surface area (Å²) in [6.07, 6.45) is 4.07. The van der Waals surface area contributed by atoms with E-state index in [1.807, 2.05) is 25.2 Å². The lowest BCUT2D eigenvalue weighted by Gasteiger charge is -2.21. The Hall–Kier alpha value is -2.38. The van der Waals surface area contributed by atoms with Gasteiger partial charge >= 0.3 is 0 Å². The van der Waals surface area contributed by atoms with E-state index in [0.29, 0.717) is 37.7 Å². The minimum absolute atomic E-state index is 0.107. The number of rotatable bonds is 4. The normalized spacial score (nSPS) is 22.4. The fourth-order valence-corrected chi connectivity index (χ4v) is 3.18. The van der Waals surface area contributed by atoms with Crippen LogP contribution in [0.25, 0.3) is 0 Å². The van der Waals surface area contributed by atoms with E-state index >= 15 is 0 Å². The molecule has 0 saturated carbocycles. The molecule has 132 valence electrons. The third-order valence-corrected chi connectivity index (χ3v) is 4.56. The lowest BCUT2D eigenvalue weighted by atomic mass is 10.00. The Morgan fingerprint density at radius 2 is 2.24 bits per heavy atom. The summed E-state index contributed by atoms with van der Waals surface area (Å²) in [5.41, 5.74) is 3.00. The van der Waals surface area contributed by atoms with Gasteiger partial charge in [0, 0.05) is 12.6 Å². The number of nitrogens with one attached hydrogen (secondary N) is 1. The van der Waals surface area contributed by atoms with Crippen molar-refractivity contribution in [1.82, 2.24) is 15.1 Å². The molecular formula is C18H21N3O4. The second-order valence-corrected chi connectivity index (χ2v) is 6.41. The number of carbonyl (C=O) groups excluding carboxylic acids is 1. The lowest BCUT2D eigenvalue weighted by molar-refractivity contribution is 0.0902. The summed E-state index contributed by atoms with van der Waals surface area (Å²) in [7, 11) is 1.83. The molecule has 2 aliphatic rings. The molecule has 2 aliphatic heterocycles. The Morgan fingerprint density at radius 1 is 1.32 bits per heavy atom. The second-order valence-electron chi connectivity index (χ2n) is 6.41. The molecule has 25 heavy (non-hydrogen) atoms. The molecule has 3 heterocycles. The standard InChI is InChI=1S/C18H21N3O4/c1-21-8-15(7-19-21)25-17-11-24-10-16(17)20-18(22)13-2-3-14-9-23-5-4-12(14)6-13/h2-3,6-8,16-17H,4-5,9-11H2,1H3,(H,20,22)/t16-,17+/m0/s1. The highest BCUT2D eigenvalue weighted by molar-refractivity contribution is 5.94. The van der Waals surface area contributed by atoms with Crippen LogP contribution in [0.5, 0.6) is 5.75 Å². The molecule has 2 atom stereocenters. The maximum atomic E-state index is 12.6. The van der Waals surface area contributed by atoms with Gasteiger partial charge in [0.05, 0.1) is 44.9 Å². The summed E-state index contributed by atoms with van der Waals surface area (Å²) < 4.78 is 18.5. The summed E-state index contributed by atoms with van der Waals surface area (Å²) in [5, 5.41) is 7.12. The van der Waals surface area contributed by atoms with E-state index in [1.165, 1.54) is 5.56 Å². The molecule has 1 aromatic heterocycles. The van der Waals surface area contributed by atoms with Crippen molar-refractivity contribution in [2.45, 2.75) is 25.2 Å². The Kier molecular flexibility index (Phi) is 4.42. The number of nitrogens with zero attached hydrogens (tertiary/aromatic N) is 2. The summed E-state index contributed by atoms with van der Waals surface area (Å²) in [4.78, 5) is 12.6. The van der Waals surface area contributed by atoms with Crippen LogP contribution in [0.3, 0.4) is 0 Å². The minimum Gasteiger partial charge on any atom is -0.482 e. The number of hydrogen-bond donors (Lipinski definition) is 1. The van der Waals surface area contributed by atoms with E-state index < -0.39 is 0 Å². The number of aromatic nitrogens is 2. The van der Waals surface area contributed by atoms with Gasteiger partial charge in [0.1, 0.15) is 6.10 Å². The molecule has 1 amide bonds. The maximum absolute atomic E-state index is 12.6. The van der Waals surface area contributed by atoms with E-state index in [-0.39, 0.29) is 18.1 Å². The Morgan fingerprint density at radius 3 is 3.08 bits per heavy atom. The fourth-order valence-electron chi connectivity index (χ4n) is 3.18. The Balaban J connectivity index is 1.42. The van der Waals surface area contributed by atoms with Crippen LogP contribution in [-0.2, 0) is 29.5 Å². The van der Waals surface area contributed by atoms with Crippen molar-refractivity contribution < 1.29 is 19.0 Å². The number of benzene rings is 1. The molecule has 0 spiro atoms. The first-order valence-electron chi connectivity index (χ1n) is 8.42. The molecule has 0 aliphatic carbocycles. The van der Waals surface area contributed by atoms with Crippen LogP contribution in [0.1, 0.15) is 21.5 Å². The van der Waals surface area contributed by atoms with Crippen molar-refractivity contribution >= 4 is 5.91 Å². The molecule has 7 heteroatoms. The predicted molar refractivity (Wildman–Crippen MR) is 89.5 cm³/mol. The molecule has 1 saturated heterocycles. The highest BCUT2D eigenvalue weighted by Crippen LogP contribution is 2.20. The molecule has 4 rings (SSSR count). The predicted octanol–water partition coefficient (Wildman–Crippen LogP) is 1.07. The molecule has 0 unspecified atom stereocenters. The average molecular weight is 343 g/mol. The minimum atomic E-state index is -0.223. The largest absolute Gasteiger partial charge is 0.482 e. The molecule has 0 radical (unpaired) electrons. The van der Waals surface area contributed by atoms with Gasteiger partial charge in [-0.1, -0.05) is 6.07 Å². The number of hydrogen-bond acceptors (Lipinski definition) is 5. The van der Waals surface area contributed by atoms with Crippen LogP contribution in [0.4, 0.5) is 0 Å². The molecule has 7 nitrogen and oxygen atoms in total. The zero-order valence-electron chi connectivity index (χ0n) is 14.1. The number of ether oxygens (including phenoxy) is 3. The maximum Gasteiger partial charge on any atom is 0.251 e. The third-order valence-electron chi connectivity index (χ3n) is 4.56. The zero-order valence-corrected chi connectivity index (χ0v) is 14.1. The highest BCUT2D eigenvalue weighted by atomic mass is 16.5. The van der Waals surface area contributed by atoms with Crippen molar-refractivity contribution in [3.63, 3.8) is 0 Å². The second kappa shape index (κ2) is 6.85. The van der Waals surface area contributed by atoms with E-state index in [4.69, 9.17) is 14.2 Å². The van der Waals surface area contributed by atoms with Crippen LogP contribution in [0.15, 0.2) is 30.6 Å². The molecule has 1 fully saturated rings. The number of amides is 1. The highest BCUT2D eigenvalue weighted by Gasteiger charge is 2.32. The van der Waals surface area contributed by atoms with Crippen molar-refractivity contribution in [3.8, 4) is 5.75 Å². The molecular weight excluding hydrogens is 322 g/mol. The molecule has 0 bridgehead atoms. The Labute approximate surface area is 145 Å². The van der Waals surface area contributed by atoms with Crippen molar-refractivity contribution in [2.75, 3.05) is 19.8 Å². The van der Waals surface area contributed by atoms with Gasteiger partial charge in [-0.3, -0.25) is 9.48 Å². The van der Waals surface area contributed by atoms with Crippen LogP contribution >= 0.6 is 0 Å². The van der Waals surface area contributed by atoms with E-state index in [1.54, 1.807) is 17.1 Å². The lowest BCUT2D eigenvalue weighted by Crippen LogP contribution is -2.45. The summed E-state index contributed by atoms with van der Waals surface area (Å²) in [6, 6.07) is 5.58. The Bertz CT molecular complexity index is 773. The van der Waals surface area contributed by atoms with Gasteiger partial charge in [-0.15, -0.1) is 0 Å². The van der Waals surface area contributed by atoms with Crippen molar-refractivity contribution in [3.05, 3.63) is 47.3 Å². The van der Waals surface area contributed by atoms with Gasteiger partial charge in [-0.2, -0.15) is 5.10 Å². The first kappa shape index (κ1) is 16.1. The van der Waals surface area contributed by atoms with Crippen molar-refractivity contribution in [1.29, 1.82) is 0 Å². The van der Waals surface area contributed by atoms with Gasteiger partial charge in [-0.05, 0) is 29.7 Å². The zero-order chi connectivity index (χ0) is 17.2. The van der Waals surface area contributed by atoms with Crippen LogP contribution < -0.4 is 10.1 Å². The SMILES string of the molecule is Cn1cc(O[C@@H]2COC[C@@H]2NC(=O)c2ccc3c(c2)CCOC3)cn1. The molecule has 1 aromatic carbocycles. The summed E-state index contributed by atoms with van der Waals surface area (Å²) in [6.45, 7) is 2.21. The first-order valence-corrected chi connectivity index (χ1v) is 8.42. The molecule has 1 N–H and O–H groups in total.